The van der Waals surface area contributed by atoms with Crippen LogP contribution in [0.5, 0.6) is 0 Å². The van der Waals surface area contributed by atoms with Crippen LogP contribution in [0.4, 0.5) is 0 Å². The summed E-state index contributed by atoms with van der Waals surface area (Å²) in [4.78, 5) is 38.3. The van der Waals surface area contributed by atoms with Gasteiger partial charge in [-0.15, -0.1) is 0 Å². The predicted octanol–water partition coefficient (Wildman–Crippen LogP) is -2.56. The molecule has 4 unspecified atom stereocenters. The number of amides is 2. The zero-order valence-electron chi connectivity index (χ0n) is 14.4. The third-order valence-corrected chi connectivity index (χ3v) is 5.35. The highest BCUT2D eigenvalue weighted by molar-refractivity contribution is 6.06. The summed E-state index contributed by atoms with van der Waals surface area (Å²) in [5.41, 5.74) is 0. The maximum atomic E-state index is 12.6. The molecule has 0 N–H and O–H groups in total. The Bertz CT molecular complexity index is 545. The third kappa shape index (κ3) is 3.22. The number of rotatable bonds is 6. The number of halogens is 1. The van der Waals surface area contributed by atoms with Gasteiger partial charge in [-0.05, 0) is 25.2 Å². The van der Waals surface area contributed by atoms with E-state index in [0.29, 0.717) is 24.2 Å². The number of nitrogens with zero attached hydrogens (tertiary/aromatic N) is 2. The molecule has 0 spiro atoms. The first kappa shape index (κ1) is 18.9. The molecule has 1 saturated carbocycles. The van der Waals surface area contributed by atoms with Gasteiger partial charge in [-0.25, -0.2) is 4.79 Å². The van der Waals surface area contributed by atoms with Crippen molar-refractivity contribution in [1.82, 2.24) is 4.90 Å². The van der Waals surface area contributed by atoms with Crippen molar-refractivity contribution in [2.45, 2.75) is 13.3 Å². The van der Waals surface area contributed by atoms with Gasteiger partial charge in [0.2, 0.25) is 11.8 Å². The Hall–Kier alpha value is -1.40. The molecular weight excluding hydrogens is 332 g/mol. The average molecular weight is 357 g/mol. The van der Waals surface area contributed by atoms with Crippen LogP contribution in [-0.2, 0) is 19.1 Å². The van der Waals surface area contributed by atoms with E-state index in [2.05, 4.69) is 12.2 Å². The van der Waals surface area contributed by atoms with Crippen LogP contribution in [0.2, 0.25) is 0 Å². The number of carbonyl (C=O) groups is 3. The van der Waals surface area contributed by atoms with Gasteiger partial charge in [0.05, 0.1) is 45.6 Å². The highest BCUT2D eigenvalue weighted by Gasteiger charge is 2.59. The van der Waals surface area contributed by atoms with Crippen LogP contribution in [0, 0.1) is 23.7 Å². The summed E-state index contributed by atoms with van der Waals surface area (Å²) in [5, 5.41) is 0. The number of ether oxygens (including phenoxy) is 1. The molecule has 2 fully saturated rings. The number of hydrogen-bond acceptors (Lipinski definition) is 4. The summed E-state index contributed by atoms with van der Waals surface area (Å²) in [6.07, 6.45) is 5.15. The van der Waals surface area contributed by atoms with Crippen LogP contribution in [0.3, 0.4) is 0 Å². The zero-order chi connectivity index (χ0) is 16.8. The van der Waals surface area contributed by atoms with E-state index < -0.39 is 0 Å². The van der Waals surface area contributed by atoms with Gasteiger partial charge in [0.15, 0.2) is 6.54 Å². The first-order chi connectivity index (χ1) is 10.8. The lowest BCUT2D eigenvalue weighted by molar-refractivity contribution is -0.882. The van der Waals surface area contributed by atoms with Gasteiger partial charge in [-0.3, -0.25) is 14.5 Å². The highest BCUT2D eigenvalue weighted by atomic mass is 35.5. The lowest BCUT2D eigenvalue weighted by Crippen LogP contribution is -3.00. The fourth-order valence-electron chi connectivity index (χ4n) is 4.19. The van der Waals surface area contributed by atoms with Crippen LogP contribution in [0.1, 0.15) is 13.3 Å². The first-order valence-corrected chi connectivity index (χ1v) is 8.35. The predicted molar refractivity (Wildman–Crippen MR) is 82.9 cm³/mol. The van der Waals surface area contributed by atoms with E-state index in [-0.39, 0.29) is 60.4 Å². The molecule has 6 nitrogen and oxygen atoms in total. The Balaban J connectivity index is 0.00000208. The standard InChI is InChI=1S/C17H25N2O4.ClH/c1-4-23-13(20)10-19(2,3)8-7-18-16(21)14-11-5-6-12(9-11)15(14)17(18)22;/h5-6,11-12,14-15H,4,7-10H2,1-3H3;1H/q+1;/p-1. The number of carbonyl (C=O) groups excluding carboxylic acids is 3. The number of fused-ring (bicyclic) bond motifs is 5. The van der Waals surface area contributed by atoms with E-state index in [1.165, 1.54) is 4.90 Å². The summed E-state index contributed by atoms with van der Waals surface area (Å²) in [6.45, 7) is 3.31. The van der Waals surface area contributed by atoms with Crippen molar-refractivity contribution < 1.29 is 36.0 Å². The Morgan fingerprint density at radius 1 is 1.21 bits per heavy atom. The van der Waals surface area contributed by atoms with E-state index in [9.17, 15) is 14.4 Å². The largest absolute Gasteiger partial charge is 1.00 e. The molecule has 4 atom stereocenters. The van der Waals surface area contributed by atoms with Crippen LogP contribution in [0.25, 0.3) is 0 Å². The van der Waals surface area contributed by atoms with Crippen molar-refractivity contribution in [3.63, 3.8) is 0 Å². The number of hydrogen-bond donors (Lipinski definition) is 0. The molecule has 2 aliphatic carbocycles. The van der Waals surface area contributed by atoms with E-state index >= 15 is 0 Å². The second-order valence-electron chi connectivity index (χ2n) is 7.45. The third-order valence-electron chi connectivity index (χ3n) is 5.35. The highest BCUT2D eigenvalue weighted by Crippen LogP contribution is 2.52. The van der Waals surface area contributed by atoms with Crippen LogP contribution in [0.15, 0.2) is 12.2 Å². The number of likely N-dealkylation sites (tertiary alicyclic amines) is 1. The minimum Gasteiger partial charge on any atom is -1.00 e. The van der Waals surface area contributed by atoms with E-state index in [0.717, 1.165) is 6.42 Å². The molecule has 0 aromatic heterocycles. The van der Waals surface area contributed by atoms with Crippen molar-refractivity contribution in [1.29, 1.82) is 0 Å². The molecule has 7 heteroatoms. The summed E-state index contributed by atoms with van der Waals surface area (Å²) < 4.78 is 5.38. The lowest BCUT2D eigenvalue weighted by Gasteiger charge is -2.30. The van der Waals surface area contributed by atoms with E-state index in [4.69, 9.17) is 4.74 Å². The van der Waals surface area contributed by atoms with Crippen molar-refractivity contribution in [3.8, 4) is 0 Å². The second kappa shape index (κ2) is 6.84. The van der Waals surface area contributed by atoms with Gasteiger partial charge in [0.25, 0.3) is 0 Å². The Labute approximate surface area is 148 Å². The molecule has 0 aromatic carbocycles. The maximum Gasteiger partial charge on any atom is 0.361 e. The number of imide groups is 1. The van der Waals surface area contributed by atoms with Gasteiger partial charge >= 0.3 is 5.97 Å². The monoisotopic (exact) mass is 356 g/mol. The van der Waals surface area contributed by atoms with Gasteiger partial charge in [-0.2, -0.15) is 0 Å². The fraction of sp³-hybridized carbons (Fsp3) is 0.706. The molecule has 3 rings (SSSR count). The van der Waals surface area contributed by atoms with Crippen molar-refractivity contribution in [3.05, 3.63) is 12.2 Å². The van der Waals surface area contributed by atoms with Crippen molar-refractivity contribution in [2.24, 2.45) is 23.7 Å². The molecule has 0 radical (unpaired) electrons. The summed E-state index contributed by atoms with van der Waals surface area (Å²) in [6, 6.07) is 0. The SMILES string of the molecule is CCOC(=O)C[N+](C)(C)CCN1C(=O)C2C3C=CC(C3)C2C1=O.[Cl-]. The summed E-state index contributed by atoms with van der Waals surface area (Å²) >= 11 is 0. The fourth-order valence-corrected chi connectivity index (χ4v) is 4.19. The minimum atomic E-state index is -0.254. The number of quaternary nitrogens is 1. The summed E-state index contributed by atoms with van der Waals surface area (Å²) in [7, 11) is 3.82. The van der Waals surface area contributed by atoms with Crippen LogP contribution >= 0.6 is 0 Å². The molecule has 3 aliphatic rings. The minimum absolute atomic E-state index is 0. The molecule has 2 bridgehead atoms. The van der Waals surface area contributed by atoms with E-state index in [1.54, 1.807) is 6.92 Å². The molecule has 1 saturated heterocycles. The van der Waals surface area contributed by atoms with Gasteiger partial charge in [0.1, 0.15) is 0 Å². The molecule has 1 heterocycles. The molecule has 1 aliphatic heterocycles. The first-order valence-electron chi connectivity index (χ1n) is 8.35. The van der Waals surface area contributed by atoms with Crippen LogP contribution < -0.4 is 12.4 Å². The Kier molecular flexibility index (Phi) is 5.40. The van der Waals surface area contributed by atoms with Crippen LogP contribution in [-0.4, -0.2) is 67.5 Å². The smallest absolute Gasteiger partial charge is 0.361 e. The molecule has 2 amide bonds. The summed E-state index contributed by atoms with van der Waals surface area (Å²) in [5.74, 6) is -0.0880. The lowest BCUT2D eigenvalue weighted by atomic mass is 9.85. The molecule has 134 valence electrons. The zero-order valence-corrected chi connectivity index (χ0v) is 15.2. The number of likely N-dealkylation sites (N-methyl/N-ethyl adjacent to an activating group) is 1. The van der Waals surface area contributed by atoms with Crippen molar-refractivity contribution >= 4 is 17.8 Å². The molecule has 0 aromatic rings. The Morgan fingerprint density at radius 2 is 1.75 bits per heavy atom. The van der Waals surface area contributed by atoms with Gasteiger partial charge in [-0.1, -0.05) is 12.2 Å². The Morgan fingerprint density at radius 3 is 2.25 bits per heavy atom. The number of esters is 1. The second-order valence-corrected chi connectivity index (χ2v) is 7.45. The molecule has 24 heavy (non-hydrogen) atoms. The van der Waals surface area contributed by atoms with Gasteiger partial charge in [0, 0.05) is 0 Å². The average Bonchev–Trinajstić information content (AvgIpc) is 3.12. The number of allylic oxidation sites excluding steroid dienone is 2. The topological polar surface area (TPSA) is 63.7 Å². The normalized spacial score (nSPS) is 30.5. The maximum absolute atomic E-state index is 12.6. The van der Waals surface area contributed by atoms with E-state index in [1.807, 2.05) is 14.1 Å². The molecular formula is C17H25ClN2O4. The van der Waals surface area contributed by atoms with Crippen molar-refractivity contribution in [2.75, 3.05) is 40.3 Å². The quantitative estimate of drug-likeness (QED) is 0.227. The van der Waals surface area contributed by atoms with Gasteiger partial charge < -0.3 is 21.6 Å².